The first-order valence-corrected chi connectivity index (χ1v) is 5.03. The molecule has 0 aromatic heterocycles. The van der Waals surface area contributed by atoms with Gasteiger partial charge in [0.05, 0.1) is 6.07 Å². The van der Waals surface area contributed by atoms with E-state index in [1.165, 1.54) is 12.0 Å². The molecule has 0 amide bonds. The second-order valence-corrected chi connectivity index (χ2v) is 5.19. The lowest BCUT2D eigenvalue weighted by Crippen LogP contribution is -2.23. The summed E-state index contributed by atoms with van der Waals surface area (Å²) in [7, 11) is 0. The van der Waals surface area contributed by atoms with Crippen molar-refractivity contribution in [3.63, 3.8) is 0 Å². The zero-order valence-electron chi connectivity index (χ0n) is 9.15. The van der Waals surface area contributed by atoms with Crippen LogP contribution in [0.3, 0.4) is 0 Å². The van der Waals surface area contributed by atoms with Crippen molar-refractivity contribution in [3.05, 3.63) is 11.1 Å². The predicted molar refractivity (Wildman–Crippen MR) is 55.1 cm³/mol. The van der Waals surface area contributed by atoms with Crippen LogP contribution in [0.4, 0.5) is 0 Å². The van der Waals surface area contributed by atoms with Crippen LogP contribution in [0, 0.1) is 22.7 Å². The van der Waals surface area contributed by atoms with E-state index in [-0.39, 0.29) is 0 Å². The van der Waals surface area contributed by atoms with E-state index in [2.05, 4.69) is 26.8 Å². The van der Waals surface area contributed by atoms with E-state index >= 15 is 0 Å². The molecule has 1 saturated carbocycles. The first-order chi connectivity index (χ1) is 5.94. The molecule has 0 radical (unpaired) electrons. The summed E-state index contributed by atoms with van der Waals surface area (Å²) < 4.78 is 0. The Morgan fingerprint density at radius 3 is 2.62 bits per heavy atom. The fourth-order valence-electron chi connectivity index (χ4n) is 2.52. The van der Waals surface area contributed by atoms with E-state index in [1.807, 2.05) is 6.92 Å². The van der Waals surface area contributed by atoms with Gasteiger partial charge in [-0.2, -0.15) is 5.26 Å². The molecule has 72 valence electrons. The highest BCUT2D eigenvalue weighted by atomic mass is 14.3. The Hall–Kier alpha value is -0.770. The van der Waals surface area contributed by atoms with Gasteiger partial charge in [-0.3, -0.25) is 0 Å². The second-order valence-electron chi connectivity index (χ2n) is 5.19. The van der Waals surface area contributed by atoms with Gasteiger partial charge in [-0.05, 0) is 37.5 Å². The van der Waals surface area contributed by atoms with Crippen LogP contribution in [0.5, 0.6) is 0 Å². The van der Waals surface area contributed by atoms with Crippen LogP contribution in [-0.4, -0.2) is 0 Å². The molecule has 0 heterocycles. The van der Waals surface area contributed by atoms with Crippen molar-refractivity contribution in [3.8, 4) is 6.07 Å². The minimum Gasteiger partial charge on any atom is -0.193 e. The minimum absolute atomic E-state index is 0.394. The van der Waals surface area contributed by atoms with Gasteiger partial charge >= 0.3 is 0 Å². The van der Waals surface area contributed by atoms with Crippen LogP contribution in [0.1, 0.15) is 47.0 Å². The average Bonchev–Trinajstić information content (AvgIpc) is 1.99. The van der Waals surface area contributed by atoms with Crippen LogP contribution >= 0.6 is 0 Å². The van der Waals surface area contributed by atoms with Crippen LogP contribution in [0.25, 0.3) is 0 Å². The van der Waals surface area contributed by atoms with Crippen molar-refractivity contribution in [2.24, 2.45) is 11.3 Å². The molecule has 13 heavy (non-hydrogen) atoms. The number of rotatable bonds is 0. The zero-order chi connectivity index (χ0) is 10.1. The van der Waals surface area contributed by atoms with E-state index in [4.69, 9.17) is 5.26 Å². The molecule has 1 aliphatic carbocycles. The normalized spacial score (nSPS) is 30.8. The number of allylic oxidation sites excluding steroid dienone is 2. The third-order valence-corrected chi connectivity index (χ3v) is 2.89. The Morgan fingerprint density at radius 1 is 1.54 bits per heavy atom. The first kappa shape index (κ1) is 10.3. The van der Waals surface area contributed by atoms with Gasteiger partial charge in [0.2, 0.25) is 0 Å². The molecule has 0 aromatic carbocycles. The van der Waals surface area contributed by atoms with Crippen molar-refractivity contribution in [2.45, 2.75) is 47.0 Å². The fourth-order valence-corrected chi connectivity index (χ4v) is 2.52. The molecular weight excluding hydrogens is 158 g/mol. The standard InChI is InChI=1S/C12H19N/c1-9-5-11(10(2)8-13)7-12(3,4)6-9/h9H,5-7H2,1-4H3. The molecule has 0 N–H and O–H groups in total. The number of nitriles is 1. The smallest absolute Gasteiger partial charge is 0.0943 e. The summed E-state index contributed by atoms with van der Waals surface area (Å²) in [6.45, 7) is 8.83. The van der Waals surface area contributed by atoms with E-state index in [9.17, 15) is 0 Å². The lowest BCUT2D eigenvalue weighted by atomic mass is 9.70. The Kier molecular flexibility index (Phi) is 2.81. The molecule has 0 bridgehead atoms. The third kappa shape index (κ3) is 2.59. The Bertz CT molecular complexity index is 265. The van der Waals surface area contributed by atoms with Crippen molar-refractivity contribution >= 4 is 0 Å². The summed E-state index contributed by atoms with van der Waals surface area (Å²) in [5, 5.41) is 8.84. The van der Waals surface area contributed by atoms with Gasteiger partial charge in [-0.25, -0.2) is 0 Å². The summed E-state index contributed by atoms with van der Waals surface area (Å²) in [5.41, 5.74) is 2.72. The molecule has 1 atom stereocenters. The van der Waals surface area contributed by atoms with Crippen molar-refractivity contribution in [1.82, 2.24) is 0 Å². The van der Waals surface area contributed by atoms with E-state index in [1.54, 1.807) is 0 Å². The topological polar surface area (TPSA) is 23.8 Å². The summed E-state index contributed by atoms with van der Waals surface area (Å²) in [6, 6.07) is 2.27. The van der Waals surface area contributed by atoms with Gasteiger partial charge in [0.15, 0.2) is 0 Å². The van der Waals surface area contributed by atoms with Crippen molar-refractivity contribution < 1.29 is 0 Å². The van der Waals surface area contributed by atoms with Crippen LogP contribution < -0.4 is 0 Å². The number of hydrogen-bond donors (Lipinski definition) is 0. The summed E-state index contributed by atoms with van der Waals surface area (Å²) in [6.07, 6.45) is 3.52. The molecule has 0 aliphatic heterocycles. The number of nitrogens with zero attached hydrogens (tertiary/aromatic N) is 1. The maximum Gasteiger partial charge on any atom is 0.0943 e. The summed E-state index contributed by atoms with van der Waals surface area (Å²) in [4.78, 5) is 0. The third-order valence-electron chi connectivity index (χ3n) is 2.89. The molecular formula is C12H19N. The molecule has 1 heteroatoms. The van der Waals surface area contributed by atoms with E-state index in [0.29, 0.717) is 5.41 Å². The number of hydrogen-bond acceptors (Lipinski definition) is 1. The summed E-state index contributed by atoms with van der Waals surface area (Å²) in [5.74, 6) is 0.738. The van der Waals surface area contributed by atoms with Crippen LogP contribution in [0.15, 0.2) is 11.1 Å². The molecule has 1 aliphatic rings. The molecule has 1 nitrogen and oxygen atoms in total. The lowest BCUT2D eigenvalue weighted by molar-refractivity contribution is 0.233. The molecule has 0 spiro atoms. The van der Waals surface area contributed by atoms with E-state index in [0.717, 1.165) is 24.3 Å². The SMILES string of the molecule is CC(C#N)=C1CC(C)CC(C)(C)C1. The summed E-state index contributed by atoms with van der Waals surface area (Å²) >= 11 is 0. The average molecular weight is 177 g/mol. The van der Waals surface area contributed by atoms with Crippen LogP contribution in [-0.2, 0) is 0 Å². The highest BCUT2D eigenvalue weighted by molar-refractivity contribution is 5.27. The Morgan fingerprint density at radius 2 is 2.15 bits per heavy atom. The van der Waals surface area contributed by atoms with Gasteiger partial charge < -0.3 is 0 Å². The monoisotopic (exact) mass is 177 g/mol. The maximum absolute atomic E-state index is 8.84. The minimum atomic E-state index is 0.394. The fraction of sp³-hybridized carbons (Fsp3) is 0.750. The van der Waals surface area contributed by atoms with Crippen LogP contribution in [0.2, 0.25) is 0 Å². The van der Waals surface area contributed by atoms with Crippen molar-refractivity contribution in [2.75, 3.05) is 0 Å². The Labute approximate surface area is 81.5 Å². The highest BCUT2D eigenvalue weighted by Crippen LogP contribution is 2.42. The van der Waals surface area contributed by atoms with E-state index < -0.39 is 0 Å². The van der Waals surface area contributed by atoms with Crippen molar-refractivity contribution in [1.29, 1.82) is 5.26 Å². The second kappa shape index (κ2) is 3.54. The molecule has 1 rings (SSSR count). The van der Waals surface area contributed by atoms with Gasteiger partial charge in [-0.1, -0.05) is 26.3 Å². The molecule has 1 unspecified atom stereocenters. The molecule has 1 fully saturated rings. The highest BCUT2D eigenvalue weighted by Gasteiger charge is 2.29. The van der Waals surface area contributed by atoms with Gasteiger partial charge in [0.25, 0.3) is 0 Å². The molecule has 0 aromatic rings. The first-order valence-electron chi connectivity index (χ1n) is 5.03. The van der Waals surface area contributed by atoms with Gasteiger partial charge in [0.1, 0.15) is 0 Å². The zero-order valence-corrected chi connectivity index (χ0v) is 9.15. The predicted octanol–water partition coefficient (Wildman–Crippen LogP) is 3.67. The molecule has 0 saturated heterocycles. The maximum atomic E-state index is 8.84. The lowest BCUT2D eigenvalue weighted by Gasteiger charge is -2.35. The van der Waals surface area contributed by atoms with Gasteiger partial charge in [0, 0.05) is 5.57 Å². The van der Waals surface area contributed by atoms with Gasteiger partial charge in [-0.15, -0.1) is 0 Å². The Balaban J connectivity index is 2.87. The largest absolute Gasteiger partial charge is 0.193 e. The quantitative estimate of drug-likeness (QED) is 0.518.